The number of nitrogens with zero attached hydrogens (tertiary/aromatic N) is 2. The second kappa shape index (κ2) is 11.1. The number of nitrogens with one attached hydrogen (secondary N) is 1. The van der Waals surface area contributed by atoms with Gasteiger partial charge < -0.3 is 14.0 Å². The van der Waals surface area contributed by atoms with E-state index in [9.17, 15) is 31.5 Å². The molecule has 4 aromatic rings. The van der Waals surface area contributed by atoms with Gasteiger partial charge in [0.1, 0.15) is 23.9 Å². The fourth-order valence-electron chi connectivity index (χ4n) is 3.30. The minimum Gasteiger partial charge on any atom is -0.486 e. The van der Waals surface area contributed by atoms with Crippen LogP contribution in [0.4, 0.5) is 26.7 Å². The predicted molar refractivity (Wildman–Crippen MR) is 129 cm³/mol. The van der Waals surface area contributed by atoms with E-state index in [1.807, 2.05) is 31.2 Å². The van der Waals surface area contributed by atoms with Gasteiger partial charge in [-0.05, 0) is 31.2 Å². The number of aromatic nitrogens is 2. The van der Waals surface area contributed by atoms with Gasteiger partial charge in [0.05, 0.1) is 16.8 Å². The number of benzene rings is 3. The molecule has 1 N–H and O–H groups in total. The number of carbonyl (C=O) groups is 2. The highest BCUT2D eigenvalue weighted by Crippen LogP contribution is 2.34. The first-order valence-electron chi connectivity index (χ1n) is 10.9. The van der Waals surface area contributed by atoms with E-state index in [4.69, 9.17) is 9.47 Å². The molecule has 0 unspecified atom stereocenters. The monoisotopic (exact) mass is 551 g/mol. The third-order valence-corrected chi connectivity index (χ3v) is 6.07. The molecule has 0 spiro atoms. The van der Waals surface area contributed by atoms with Crippen LogP contribution in [0.25, 0.3) is 11.0 Å². The molecule has 0 bridgehead atoms. The molecule has 1 saturated heterocycles. The van der Waals surface area contributed by atoms with Crippen molar-refractivity contribution in [2.75, 3.05) is 5.75 Å². The van der Waals surface area contributed by atoms with E-state index in [0.29, 0.717) is 28.4 Å². The highest BCUT2D eigenvalue weighted by Gasteiger charge is 2.27. The first-order chi connectivity index (χ1) is 18.0. The minimum atomic E-state index is -2.25. The van der Waals surface area contributed by atoms with Crippen LogP contribution in [0.15, 0.2) is 42.5 Å². The molecule has 5 rings (SSSR count). The summed E-state index contributed by atoms with van der Waals surface area (Å²) in [6.07, 6.45) is 0. The first-order valence-corrected chi connectivity index (χ1v) is 11.8. The summed E-state index contributed by atoms with van der Waals surface area (Å²) in [5.41, 5.74) is 2.15. The summed E-state index contributed by atoms with van der Waals surface area (Å²) in [6, 6.07) is 11.7. The van der Waals surface area contributed by atoms with Crippen LogP contribution < -0.4 is 14.8 Å². The van der Waals surface area contributed by atoms with Crippen molar-refractivity contribution < 1.29 is 41.0 Å². The number of imide groups is 1. The Bertz CT molecular complexity index is 1500. The Morgan fingerprint density at radius 2 is 1.53 bits per heavy atom. The molecule has 1 aliphatic heterocycles. The van der Waals surface area contributed by atoms with Gasteiger partial charge in [-0.25, -0.2) is 18.2 Å². The molecule has 1 fully saturated rings. The molecule has 2 heterocycles. The summed E-state index contributed by atoms with van der Waals surface area (Å²) >= 11 is 1.01. The number of aryl methyl sites for hydroxylation is 2. The number of halogens is 5. The molecule has 13 heteroatoms. The average Bonchev–Trinajstić information content (AvgIpc) is 3.44. The summed E-state index contributed by atoms with van der Waals surface area (Å²) in [6.45, 7) is 2.11. The van der Waals surface area contributed by atoms with Crippen LogP contribution in [0.1, 0.15) is 11.4 Å². The molecule has 7 nitrogen and oxygen atoms in total. The van der Waals surface area contributed by atoms with Gasteiger partial charge in [0.2, 0.25) is 40.7 Å². The lowest BCUT2D eigenvalue weighted by atomic mass is 10.2. The van der Waals surface area contributed by atoms with Crippen molar-refractivity contribution in [3.8, 4) is 17.2 Å². The molecule has 1 aromatic heterocycles. The Balaban J connectivity index is 0.000000417. The zero-order valence-corrected chi connectivity index (χ0v) is 20.6. The fraction of sp³-hybridized carbons (Fsp3) is 0.160. The third kappa shape index (κ3) is 5.72. The maximum Gasteiger partial charge on any atom is 0.286 e. The number of thioether (sulfide) groups is 1. The molecule has 0 radical (unpaired) electrons. The van der Waals surface area contributed by atoms with Crippen LogP contribution in [0.5, 0.6) is 17.2 Å². The number of rotatable bonds is 5. The van der Waals surface area contributed by atoms with Crippen molar-refractivity contribution in [3.05, 3.63) is 82.9 Å². The molecule has 3 aromatic carbocycles. The van der Waals surface area contributed by atoms with Gasteiger partial charge in [-0.1, -0.05) is 29.5 Å². The standard InChI is InChI=1S/C22H15F5N2O2.C3H3NO2S/c1-11-3-5-12(6-4-11)30-10-16-28-14-8-7-13(9-15(14)29(16)2)31-22-20(26)18(24)17(23)19(25)21(22)27;5-2-1-7-3(6)4-2/h3-9H,10H2,1-2H3;1H2,(H,4,5,6). The van der Waals surface area contributed by atoms with Crippen LogP contribution in [-0.4, -0.2) is 26.5 Å². The normalized spacial score (nSPS) is 12.8. The van der Waals surface area contributed by atoms with Gasteiger partial charge in [-0.15, -0.1) is 0 Å². The lowest BCUT2D eigenvalue weighted by Gasteiger charge is -2.10. The molecular formula is C25H18F5N3O4S. The molecule has 0 atom stereocenters. The van der Waals surface area contributed by atoms with Crippen LogP contribution in [0, 0.1) is 36.0 Å². The van der Waals surface area contributed by atoms with Crippen molar-refractivity contribution in [1.82, 2.24) is 14.9 Å². The second-order valence-electron chi connectivity index (χ2n) is 7.96. The summed E-state index contributed by atoms with van der Waals surface area (Å²) in [4.78, 5) is 24.6. The van der Waals surface area contributed by atoms with Crippen LogP contribution in [0.3, 0.4) is 0 Å². The Kier molecular flexibility index (Phi) is 7.86. The minimum absolute atomic E-state index is 0.121. The van der Waals surface area contributed by atoms with E-state index in [0.717, 1.165) is 17.3 Å². The van der Waals surface area contributed by atoms with Crippen molar-refractivity contribution in [3.63, 3.8) is 0 Å². The molecule has 0 aliphatic carbocycles. The van der Waals surface area contributed by atoms with Crippen molar-refractivity contribution >= 4 is 33.9 Å². The Hall–Kier alpha value is -4.13. The maximum atomic E-state index is 13.9. The number of fused-ring (bicyclic) bond motifs is 1. The fourth-order valence-corrected chi connectivity index (χ4v) is 3.82. The zero-order valence-electron chi connectivity index (χ0n) is 19.8. The average molecular weight is 551 g/mol. The summed E-state index contributed by atoms with van der Waals surface area (Å²) < 4.78 is 80.2. The Labute approximate surface area is 216 Å². The number of carbonyl (C=O) groups excluding carboxylic acids is 2. The third-order valence-electron chi connectivity index (χ3n) is 5.30. The molecular weight excluding hydrogens is 533 g/mol. The molecule has 2 amide bonds. The molecule has 38 heavy (non-hydrogen) atoms. The van der Waals surface area contributed by atoms with Gasteiger partial charge in [-0.2, -0.15) is 8.78 Å². The summed E-state index contributed by atoms with van der Waals surface area (Å²) in [5.74, 6) is -10.7. The number of imidazole rings is 1. The van der Waals surface area contributed by atoms with E-state index in [-0.39, 0.29) is 23.5 Å². The van der Waals surface area contributed by atoms with Gasteiger partial charge >= 0.3 is 0 Å². The molecule has 0 saturated carbocycles. The SMILES string of the molecule is Cc1ccc(OCc2nc3ccc(Oc4c(F)c(F)c(F)c(F)c4F)cc3n2C)cc1.O=C1CSC(=O)N1. The van der Waals surface area contributed by atoms with Gasteiger partial charge in [0.25, 0.3) is 5.24 Å². The first kappa shape index (κ1) is 26.9. The quantitative estimate of drug-likeness (QED) is 0.189. The van der Waals surface area contributed by atoms with E-state index >= 15 is 0 Å². The molecule has 1 aliphatic rings. The second-order valence-corrected chi connectivity index (χ2v) is 8.91. The van der Waals surface area contributed by atoms with Crippen molar-refractivity contribution in [1.29, 1.82) is 0 Å². The van der Waals surface area contributed by atoms with Gasteiger partial charge in [0, 0.05) is 13.1 Å². The number of hydrogen-bond acceptors (Lipinski definition) is 6. The molecule has 198 valence electrons. The maximum absolute atomic E-state index is 13.9. The number of amides is 2. The zero-order chi connectivity index (χ0) is 27.6. The smallest absolute Gasteiger partial charge is 0.286 e. The summed E-state index contributed by atoms with van der Waals surface area (Å²) in [7, 11) is 1.70. The van der Waals surface area contributed by atoms with E-state index in [2.05, 4.69) is 10.3 Å². The van der Waals surface area contributed by atoms with Crippen LogP contribution in [0.2, 0.25) is 0 Å². The van der Waals surface area contributed by atoms with E-state index in [1.54, 1.807) is 11.6 Å². The summed E-state index contributed by atoms with van der Waals surface area (Å²) in [5, 5.41) is 1.87. The van der Waals surface area contributed by atoms with E-state index in [1.165, 1.54) is 18.2 Å². The van der Waals surface area contributed by atoms with Crippen LogP contribution >= 0.6 is 11.8 Å². The highest BCUT2D eigenvalue weighted by molar-refractivity contribution is 8.14. The lowest BCUT2D eigenvalue weighted by molar-refractivity contribution is -0.117. The number of hydrogen-bond donors (Lipinski definition) is 1. The topological polar surface area (TPSA) is 82.5 Å². The lowest BCUT2D eigenvalue weighted by Crippen LogP contribution is -2.18. The van der Waals surface area contributed by atoms with Crippen molar-refractivity contribution in [2.24, 2.45) is 7.05 Å². The number of ether oxygens (including phenoxy) is 2. The predicted octanol–water partition coefficient (Wildman–Crippen LogP) is 5.92. The van der Waals surface area contributed by atoms with Crippen LogP contribution in [-0.2, 0) is 18.4 Å². The van der Waals surface area contributed by atoms with E-state index < -0.39 is 34.8 Å². The Morgan fingerprint density at radius 3 is 2.08 bits per heavy atom. The largest absolute Gasteiger partial charge is 0.486 e. The van der Waals surface area contributed by atoms with Crippen molar-refractivity contribution in [2.45, 2.75) is 13.5 Å². The Morgan fingerprint density at radius 1 is 0.921 bits per heavy atom. The van der Waals surface area contributed by atoms with Gasteiger partial charge in [-0.3, -0.25) is 14.9 Å². The highest BCUT2D eigenvalue weighted by atomic mass is 32.2. The van der Waals surface area contributed by atoms with Gasteiger partial charge in [0.15, 0.2) is 0 Å².